The minimum atomic E-state index is -0.751. The Morgan fingerprint density at radius 1 is 1.26 bits per heavy atom. The largest absolute Gasteiger partial charge is 1.00 e. The molecule has 0 unspecified atom stereocenters. The molecule has 0 aromatic heterocycles. The van der Waals surface area contributed by atoms with Gasteiger partial charge in [0, 0.05) is 4.75 Å². The summed E-state index contributed by atoms with van der Waals surface area (Å²) in [6.45, 7) is 3.75. The maximum atomic E-state index is 12.5. The van der Waals surface area contributed by atoms with Crippen molar-refractivity contribution in [1.29, 1.82) is 0 Å². The second-order valence-corrected chi connectivity index (χ2v) is 8.31. The maximum Gasteiger partial charge on any atom is 1.00 e. The number of thioether (sulfide) groups is 1. The molecule has 2 saturated heterocycles. The molecule has 2 amide bonds. The molecule has 0 spiro atoms. The Morgan fingerprint density at radius 3 is 2.37 bits per heavy atom. The second kappa shape index (κ2) is 8.30. The minimum absolute atomic E-state index is 0. The first-order valence-corrected chi connectivity index (χ1v) is 8.89. The minimum Gasteiger partial charge on any atom is -1.00 e. The number of hydroxylamine groups is 1. The molecule has 3 rings (SSSR count). The predicted molar refractivity (Wildman–Crippen MR) is 94.9 cm³/mol. The second-order valence-electron chi connectivity index (χ2n) is 6.47. The molecule has 2 aliphatic heterocycles. The fraction of sp³-hybridized carbons (Fsp3) is 0.471. The summed E-state index contributed by atoms with van der Waals surface area (Å²) in [6, 6.07) is 4.12. The van der Waals surface area contributed by atoms with Gasteiger partial charge in [-0.15, -0.1) is 11.8 Å². The first kappa shape index (κ1) is 21.9. The van der Waals surface area contributed by atoms with Crippen molar-refractivity contribution >= 4 is 29.5 Å². The number of benzene rings is 1. The molecule has 1 aromatic carbocycles. The van der Waals surface area contributed by atoms with Crippen molar-refractivity contribution in [2.75, 3.05) is 14.2 Å². The summed E-state index contributed by atoms with van der Waals surface area (Å²) in [6.07, 6.45) is 0.419. The first-order valence-electron chi connectivity index (χ1n) is 8.01. The third kappa shape index (κ3) is 3.91. The van der Waals surface area contributed by atoms with Gasteiger partial charge in [-0.05, 0) is 26.0 Å². The number of amides is 2. The predicted octanol–water partition coefficient (Wildman–Crippen LogP) is -1.54. The van der Waals surface area contributed by atoms with Crippen molar-refractivity contribution < 1.29 is 59.7 Å². The molecule has 0 aliphatic carbocycles. The number of carbonyl (C=O) groups excluding carboxylic acids is 3. The van der Waals surface area contributed by atoms with Gasteiger partial charge in [0.15, 0.2) is 0 Å². The molecule has 10 heteroatoms. The van der Waals surface area contributed by atoms with Gasteiger partial charge >= 0.3 is 35.5 Å². The van der Waals surface area contributed by atoms with E-state index >= 15 is 0 Å². The molecule has 27 heavy (non-hydrogen) atoms. The summed E-state index contributed by atoms with van der Waals surface area (Å²) >= 11 is 1.55. The number of hydrogen-bond donors (Lipinski definition) is 1. The Hall–Kier alpha value is -1.42. The van der Waals surface area contributed by atoms with Crippen molar-refractivity contribution in [3.8, 4) is 11.5 Å². The fourth-order valence-electron chi connectivity index (χ4n) is 3.24. The van der Waals surface area contributed by atoms with E-state index in [1.165, 1.54) is 19.1 Å². The van der Waals surface area contributed by atoms with Crippen LogP contribution in [0.1, 0.15) is 32.1 Å². The zero-order chi connectivity index (χ0) is 19.1. The Kier molecular flexibility index (Phi) is 6.72. The summed E-state index contributed by atoms with van der Waals surface area (Å²) in [5.41, 5.74) is 2.26. The van der Waals surface area contributed by atoms with Gasteiger partial charge in [-0.25, -0.2) is 4.79 Å². The standard InChI is InChI=1S/C17H20N2O6S.Na.H/c1-17(2)14(19-11(20)8-12(19)26-17)16(22)25-18-15(21)13-9(23-3)6-5-7-10(13)24-4;;/h5-7,12,14H,8H2,1-4H3,(H,18,21);;/q;+1;-1/t12-,14+;;/m1../s1. The van der Waals surface area contributed by atoms with E-state index in [0.29, 0.717) is 6.42 Å². The Labute approximate surface area is 185 Å². The van der Waals surface area contributed by atoms with Crippen LogP contribution in [0.3, 0.4) is 0 Å². The summed E-state index contributed by atoms with van der Waals surface area (Å²) in [5, 5.41) is -0.0138. The van der Waals surface area contributed by atoms with Crippen molar-refractivity contribution in [1.82, 2.24) is 10.4 Å². The van der Waals surface area contributed by atoms with Crippen molar-refractivity contribution in [3.63, 3.8) is 0 Å². The van der Waals surface area contributed by atoms with Crippen LogP contribution < -0.4 is 44.5 Å². The number of methoxy groups -OCH3 is 2. The monoisotopic (exact) mass is 404 g/mol. The average Bonchev–Trinajstić information content (AvgIpc) is 2.84. The molecular formula is C17H21N2NaO6S. The molecule has 0 bridgehead atoms. The molecule has 0 saturated carbocycles. The topological polar surface area (TPSA) is 94.2 Å². The van der Waals surface area contributed by atoms with E-state index in [1.54, 1.807) is 30.0 Å². The van der Waals surface area contributed by atoms with Gasteiger partial charge in [0.2, 0.25) is 5.91 Å². The SMILES string of the molecule is COc1cccc(OC)c1C(=O)NOC(=O)[C@@H]1N2C(=O)C[C@H]2SC1(C)C.[H-].[Na+]. The molecule has 1 N–H and O–H groups in total. The van der Waals surface area contributed by atoms with E-state index in [2.05, 4.69) is 5.48 Å². The molecule has 2 atom stereocenters. The summed E-state index contributed by atoms with van der Waals surface area (Å²) < 4.78 is 9.83. The maximum absolute atomic E-state index is 12.5. The number of fused-ring (bicyclic) bond motifs is 1. The Bertz CT molecular complexity index is 756. The number of rotatable bonds is 4. The van der Waals surface area contributed by atoms with E-state index in [-0.39, 0.29) is 59.3 Å². The smallest absolute Gasteiger partial charge is 1.00 e. The number of hydrogen-bond acceptors (Lipinski definition) is 7. The quantitative estimate of drug-likeness (QED) is 0.369. The van der Waals surface area contributed by atoms with E-state index in [1.807, 2.05) is 13.8 Å². The van der Waals surface area contributed by atoms with Crippen LogP contribution >= 0.6 is 11.8 Å². The summed E-state index contributed by atoms with van der Waals surface area (Å²) in [7, 11) is 2.84. The van der Waals surface area contributed by atoms with Crippen molar-refractivity contribution in [2.24, 2.45) is 0 Å². The van der Waals surface area contributed by atoms with Crippen molar-refractivity contribution in [2.45, 2.75) is 36.4 Å². The van der Waals surface area contributed by atoms with Gasteiger partial charge < -0.3 is 20.6 Å². The first-order chi connectivity index (χ1) is 12.3. The zero-order valence-electron chi connectivity index (χ0n) is 16.9. The van der Waals surface area contributed by atoms with Gasteiger partial charge in [-0.3, -0.25) is 9.59 Å². The molecule has 8 nitrogen and oxygen atoms in total. The van der Waals surface area contributed by atoms with Crippen LogP contribution in [0.15, 0.2) is 18.2 Å². The number of carbonyl (C=O) groups is 3. The van der Waals surface area contributed by atoms with E-state index in [0.717, 1.165) is 0 Å². The van der Waals surface area contributed by atoms with Crippen molar-refractivity contribution in [3.05, 3.63) is 23.8 Å². The fourth-order valence-corrected chi connectivity index (χ4v) is 4.85. The van der Waals surface area contributed by atoms with Crippen LogP contribution in [0.2, 0.25) is 0 Å². The van der Waals surface area contributed by atoms with Crippen LogP contribution in [0, 0.1) is 0 Å². The van der Waals surface area contributed by atoms with Gasteiger partial charge in [-0.2, -0.15) is 5.48 Å². The van der Waals surface area contributed by atoms with Crippen LogP contribution in [-0.2, 0) is 14.4 Å². The summed E-state index contributed by atoms with van der Waals surface area (Å²) in [4.78, 5) is 43.4. The van der Waals surface area contributed by atoms with Crippen LogP contribution in [-0.4, -0.2) is 53.1 Å². The zero-order valence-corrected chi connectivity index (χ0v) is 18.7. The number of nitrogens with zero attached hydrogens (tertiary/aromatic N) is 1. The molecule has 142 valence electrons. The van der Waals surface area contributed by atoms with E-state index in [4.69, 9.17) is 14.3 Å². The van der Waals surface area contributed by atoms with Gasteiger partial charge in [-0.1, -0.05) is 6.07 Å². The number of ether oxygens (including phenoxy) is 2. The molecular weight excluding hydrogens is 383 g/mol. The van der Waals surface area contributed by atoms with Crippen LogP contribution in [0.4, 0.5) is 0 Å². The Morgan fingerprint density at radius 2 is 1.85 bits per heavy atom. The van der Waals surface area contributed by atoms with Gasteiger partial charge in [0.25, 0.3) is 5.91 Å². The van der Waals surface area contributed by atoms with Crippen LogP contribution in [0.25, 0.3) is 0 Å². The number of nitrogens with one attached hydrogen (secondary N) is 1. The average molecular weight is 404 g/mol. The van der Waals surface area contributed by atoms with Crippen LogP contribution in [0.5, 0.6) is 11.5 Å². The van der Waals surface area contributed by atoms with Gasteiger partial charge in [0.05, 0.1) is 26.0 Å². The Balaban J connectivity index is 0.00000196. The molecule has 1 aromatic rings. The van der Waals surface area contributed by atoms with E-state index in [9.17, 15) is 14.4 Å². The number of β-lactam (4-membered cyclic amide) rings is 1. The molecule has 2 aliphatic rings. The normalized spacial score (nSPS) is 22.1. The molecule has 2 fully saturated rings. The molecule has 0 radical (unpaired) electrons. The van der Waals surface area contributed by atoms with E-state index < -0.39 is 22.7 Å². The third-order valence-electron chi connectivity index (χ3n) is 4.45. The summed E-state index contributed by atoms with van der Waals surface area (Å²) in [5.74, 6) is -0.879. The third-order valence-corrected chi connectivity index (χ3v) is 5.94. The van der Waals surface area contributed by atoms with Gasteiger partial charge in [0.1, 0.15) is 23.1 Å². The molecule has 2 heterocycles.